The van der Waals surface area contributed by atoms with Gasteiger partial charge in [0.2, 0.25) is 15.9 Å². The molecule has 2 aromatic carbocycles. The van der Waals surface area contributed by atoms with E-state index in [1.165, 1.54) is 16.4 Å². The van der Waals surface area contributed by atoms with Gasteiger partial charge in [-0.1, -0.05) is 29.8 Å². The Kier molecular flexibility index (Phi) is 7.60. The minimum atomic E-state index is -3.78. The molecule has 3 rings (SSSR count). The Balaban J connectivity index is 1.65. The van der Waals surface area contributed by atoms with Crippen LogP contribution < -0.4 is 4.90 Å². The summed E-state index contributed by atoms with van der Waals surface area (Å²) in [5, 5.41) is 18.2. The van der Waals surface area contributed by atoms with Gasteiger partial charge in [-0.15, -0.1) is 0 Å². The van der Waals surface area contributed by atoms with Crippen molar-refractivity contribution in [3.8, 4) is 12.1 Å². The molecule has 0 radical (unpaired) electrons. The quantitative estimate of drug-likeness (QED) is 0.638. The number of carbonyl (C=O) groups is 1. The number of benzene rings is 2. The molecule has 1 aliphatic heterocycles. The van der Waals surface area contributed by atoms with Crippen molar-refractivity contribution in [2.24, 2.45) is 0 Å². The molecule has 8 nitrogen and oxygen atoms in total. The van der Waals surface area contributed by atoms with Gasteiger partial charge in [0.1, 0.15) is 6.07 Å². The number of hydrogen-bond donors (Lipinski definition) is 0. The number of amides is 1. The molecular weight excluding hydrogens is 426 g/mol. The van der Waals surface area contributed by atoms with Gasteiger partial charge in [0, 0.05) is 38.4 Å². The highest BCUT2D eigenvalue weighted by Gasteiger charge is 2.31. The summed E-state index contributed by atoms with van der Waals surface area (Å²) in [4.78, 5) is 16.5. The lowest BCUT2D eigenvalue weighted by Gasteiger charge is -2.34. The van der Waals surface area contributed by atoms with Crippen molar-refractivity contribution in [1.82, 2.24) is 9.21 Å². The van der Waals surface area contributed by atoms with Crippen molar-refractivity contribution >= 4 is 21.6 Å². The molecule has 1 saturated heterocycles. The Hall–Kier alpha value is -3.24. The molecule has 0 N–H and O–H groups in total. The van der Waals surface area contributed by atoms with Crippen LogP contribution in [0.3, 0.4) is 0 Å². The van der Waals surface area contributed by atoms with Gasteiger partial charge in [-0.2, -0.15) is 14.8 Å². The van der Waals surface area contributed by atoms with Gasteiger partial charge in [0.05, 0.1) is 29.5 Å². The van der Waals surface area contributed by atoms with E-state index in [1.807, 2.05) is 42.2 Å². The number of hydrogen-bond acceptors (Lipinski definition) is 6. The minimum absolute atomic E-state index is 0.00840. The molecule has 0 unspecified atom stereocenters. The predicted octanol–water partition coefficient (Wildman–Crippen LogP) is 2.12. The van der Waals surface area contributed by atoms with E-state index in [-0.39, 0.29) is 42.4 Å². The Morgan fingerprint density at radius 1 is 1.03 bits per heavy atom. The number of aryl methyl sites for hydroxylation is 1. The lowest BCUT2D eigenvalue weighted by atomic mass is 10.2. The van der Waals surface area contributed by atoms with Crippen LogP contribution in [0.5, 0.6) is 0 Å². The van der Waals surface area contributed by atoms with Gasteiger partial charge in [-0.3, -0.25) is 9.69 Å². The highest BCUT2D eigenvalue weighted by Crippen LogP contribution is 2.21. The van der Waals surface area contributed by atoms with Gasteiger partial charge < -0.3 is 4.90 Å². The number of nitrogens with zero attached hydrogens (tertiary/aromatic N) is 5. The highest BCUT2D eigenvalue weighted by atomic mass is 32.2. The molecule has 0 spiro atoms. The van der Waals surface area contributed by atoms with E-state index < -0.39 is 10.0 Å². The molecule has 0 aromatic heterocycles. The van der Waals surface area contributed by atoms with Crippen molar-refractivity contribution in [1.29, 1.82) is 10.5 Å². The lowest BCUT2D eigenvalue weighted by Crippen LogP contribution is -2.51. The van der Waals surface area contributed by atoms with Crippen LogP contribution in [0.2, 0.25) is 0 Å². The van der Waals surface area contributed by atoms with Crippen LogP contribution in [-0.4, -0.2) is 62.8 Å². The van der Waals surface area contributed by atoms with Gasteiger partial charge in [-0.05, 0) is 31.2 Å². The number of sulfonamides is 1. The normalized spacial score (nSPS) is 15.0. The third-order valence-electron chi connectivity index (χ3n) is 5.41. The fourth-order valence-corrected chi connectivity index (χ4v) is 5.18. The Labute approximate surface area is 188 Å². The molecule has 1 heterocycles. The number of anilines is 1. The van der Waals surface area contributed by atoms with Gasteiger partial charge in [-0.25, -0.2) is 8.42 Å². The SMILES string of the molecule is Cc1ccc(N(CCC#N)C(=O)CN2CCN(S(=O)(=O)c3ccccc3C#N)CC2)cc1. The first-order chi connectivity index (χ1) is 15.4. The fraction of sp³-hybridized carbons (Fsp3) is 0.348. The van der Waals surface area contributed by atoms with Crippen molar-refractivity contribution < 1.29 is 13.2 Å². The predicted molar refractivity (Wildman–Crippen MR) is 120 cm³/mol. The standard InChI is InChI=1S/C23H25N5O3S/c1-19-7-9-21(10-8-19)28(12-4-11-24)23(29)18-26-13-15-27(16-14-26)32(30,31)22-6-3-2-5-20(22)17-25/h2-3,5-10H,4,12-16,18H2,1H3. The topological polar surface area (TPSA) is 109 Å². The van der Waals surface area contributed by atoms with E-state index in [0.717, 1.165) is 11.3 Å². The molecule has 1 amide bonds. The summed E-state index contributed by atoms with van der Waals surface area (Å²) < 4.78 is 27.3. The second-order valence-electron chi connectivity index (χ2n) is 7.58. The molecule has 9 heteroatoms. The van der Waals surface area contributed by atoms with Gasteiger partial charge in [0.25, 0.3) is 0 Å². The number of carbonyl (C=O) groups excluding carboxylic acids is 1. The van der Waals surface area contributed by atoms with E-state index >= 15 is 0 Å². The summed E-state index contributed by atoms with van der Waals surface area (Å²) in [6, 6.07) is 17.7. The molecule has 32 heavy (non-hydrogen) atoms. The highest BCUT2D eigenvalue weighted by molar-refractivity contribution is 7.89. The zero-order valence-electron chi connectivity index (χ0n) is 17.9. The third-order valence-corrected chi connectivity index (χ3v) is 7.37. The maximum Gasteiger partial charge on any atom is 0.244 e. The summed E-state index contributed by atoms with van der Waals surface area (Å²) in [6.07, 6.45) is 0.226. The van der Waals surface area contributed by atoms with Crippen LogP contribution in [-0.2, 0) is 14.8 Å². The van der Waals surface area contributed by atoms with Crippen LogP contribution in [0, 0.1) is 29.6 Å². The molecular formula is C23H25N5O3S. The van der Waals surface area contributed by atoms with Crippen LogP contribution in [0.4, 0.5) is 5.69 Å². The number of piperazine rings is 1. The van der Waals surface area contributed by atoms with E-state index in [1.54, 1.807) is 17.0 Å². The average molecular weight is 452 g/mol. The minimum Gasteiger partial charge on any atom is -0.310 e. The van der Waals surface area contributed by atoms with Crippen LogP contribution in [0.1, 0.15) is 17.5 Å². The monoisotopic (exact) mass is 451 g/mol. The van der Waals surface area contributed by atoms with Crippen LogP contribution in [0.25, 0.3) is 0 Å². The number of nitriles is 2. The van der Waals surface area contributed by atoms with E-state index in [9.17, 15) is 18.5 Å². The Morgan fingerprint density at radius 3 is 2.31 bits per heavy atom. The zero-order chi connectivity index (χ0) is 23.1. The summed E-state index contributed by atoms with van der Waals surface area (Å²) in [5.74, 6) is -0.129. The first kappa shape index (κ1) is 23.4. The fourth-order valence-electron chi connectivity index (χ4n) is 3.61. The van der Waals surface area contributed by atoms with Gasteiger partial charge in [0.15, 0.2) is 0 Å². The van der Waals surface area contributed by atoms with E-state index in [0.29, 0.717) is 19.6 Å². The maximum absolute atomic E-state index is 13.0. The lowest BCUT2D eigenvalue weighted by molar-refractivity contribution is -0.120. The smallest absolute Gasteiger partial charge is 0.244 e. The first-order valence-corrected chi connectivity index (χ1v) is 11.8. The molecule has 0 aliphatic carbocycles. The second kappa shape index (κ2) is 10.4. The van der Waals surface area contributed by atoms with E-state index in [2.05, 4.69) is 6.07 Å². The van der Waals surface area contributed by atoms with Gasteiger partial charge >= 0.3 is 0 Å². The Bertz CT molecular complexity index is 1140. The average Bonchev–Trinajstić information content (AvgIpc) is 2.80. The molecule has 1 aliphatic rings. The van der Waals surface area contributed by atoms with Crippen molar-refractivity contribution in [2.75, 3.05) is 44.2 Å². The van der Waals surface area contributed by atoms with Crippen molar-refractivity contribution in [3.63, 3.8) is 0 Å². The zero-order valence-corrected chi connectivity index (χ0v) is 18.8. The summed E-state index contributed by atoms with van der Waals surface area (Å²) in [5.41, 5.74) is 1.94. The largest absolute Gasteiger partial charge is 0.310 e. The molecule has 0 atom stereocenters. The van der Waals surface area contributed by atoms with Crippen LogP contribution in [0.15, 0.2) is 53.4 Å². The first-order valence-electron chi connectivity index (χ1n) is 10.3. The third kappa shape index (κ3) is 5.32. The second-order valence-corrected chi connectivity index (χ2v) is 9.48. The molecule has 0 saturated carbocycles. The van der Waals surface area contributed by atoms with Crippen LogP contribution >= 0.6 is 0 Å². The molecule has 166 valence electrons. The summed E-state index contributed by atoms with van der Waals surface area (Å²) in [6.45, 7) is 3.68. The van der Waals surface area contributed by atoms with Crippen molar-refractivity contribution in [2.45, 2.75) is 18.2 Å². The molecule has 1 fully saturated rings. The maximum atomic E-state index is 13.0. The Morgan fingerprint density at radius 2 is 1.69 bits per heavy atom. The molecule has 2 aromatic rings. The summed E-state index contributed by atoms with van der Waals surface area (Å²) >= 11 is 0. The summed E-state index contributed by atoms with van der Waals surface area (Å²) in [7, 11) is -3.78. The van der Waals surface area contributed by atoms with Crippen molar-refractivity contribution in [3.05, 3.63) is 59.7 Å². The number of rotatable bonds is 7. The molecule has 0 bridgehead atoms. The van der Waals surface area contributed by atoms with E-state index in [4.69, 9.17) is 5.26 Å².